The molecule has 0 spiro atoms. The number of hydrogen-bond acceptors (Lipinski definition) is 5. The Hall–Kier alpha value is -2.31. The van der Waals surface area contributed by atoms with Crippen molar-refractivity contribution in [3.05, 3.63) is 40.2 Å². The summed E-state index contributed by atoms with van der Waals surface area (Å²) in [6, 6.07) is 5.93. The summed E-state index contributed by atoms with van der Waals surface area (Å²) in [5, 5.41) is 21.9. The van der Waals surface area contributed by atoms with E-state index >= 15 is 0 Å². The Kier molecular flexibility index (Phi) is 2.13. The standard InChI is InChI=1S/C8H7N5O2/c1-6-9-11-12(10-6)7-2-4-8(5-3-7)13(14)15/h2-5H,1H3. The van der Waals surface area contributed by atoms with E-state index in [0.29, 0.717) is 11.5 Å². The number of rotatable bonds is 2. The molecule has 7 heteroatoms. The fourth-order valence-electron chi connectivity index (χ4n) is 1.10. The van der Waals surface area contributed by atoms with E-state index in [4.69, 9.17) is 0 Å². The van der Waals surface area contributed by atoms with Gasteiger partial charge in [0, 0.05) is 12.1 Å². The molecular formula is C8H7N5O2. The summed E-state index contributed by atoms with van der Waals surface area (Å²) >= 11 is 0. The normalized spacial score (nSPS) is 10.2. The molecule has 2 rings (SSSR count). The first-order valence-corrected chi connectivity index (χ1v) is 4.18. The number of aromatic nitrogens is 4. The molecule has 0 saturated carbocycles. The molecule has 0 N–H and O–H groups in total. The average molecular weight is 205 g/mol. The van der Waals surface area contributed by atoms with Gasteiger partial charge in [-0.15, -0.1) is 15.0 Å². The molecule has 0 bridgehead atoms. The number of nitro groups is 1. The van der Waals surface area contributed by atoms with Crippen molar-refractivity contribution in [2.45, 2.75) is 6.92 Å². The summed E-state index contributed by atoms with van der Waals surface area (Å²) in [6.45, 7) is 1.72. The first kappa shape index (κ1) is 9.25. The predicted molar refractivity (Wildman–Crippen MR) is 50.5 cm³/mol. The molecule has 0 aliphatic carbocycles. The topological polar surface area (TPSA) is 86.7 Å². The second-order valence-corrected chi connectivity index (χ2v) is 2.90. The summed E-state index contributed by atoms with van der Waals surface area (Å²) in [5.41, 5.74) is 0.678. The number of hydrogen-bond donors (Lipinski definition) is 0. The number of tetrazole rings is 1. The van der Waals surface area contributed by atoms with Crippen molar-refractivity contribution >= 4 is 5.69 Å². The van der Waals surface area contributed by atoms with E-state index in [2.05, 4.69) is 15.4 Å². The van der Waals surface area contributed by atoms with Gasteiger partial charge in [0.15, 0.2) is 5.82 Å². The number of nitrogens with zero attached hydrogens (tertiary/aromatic N) is 5. The maximum absolute atomic E-state index is 10.4. The molecule has 15 heavy (non-hydrogen) atoms. The lowest BCUT2D eigenvalue weighted by molar-refractivity contribution is -0.384. The van der Waals surface area contributed by atoms with E-state index in [0.717, 1.165) is 0 Å². The maximum atomic E-state index is 10.4. The summed E-state index contributed by atoms with van der Waals surface area (Å²) in [6.07, 6.45) is 0. The Morgan fingerprint density at radius 2 is 2.00 bits per heavy atom. The van der Waals surface area contributed by atoms with Crippen molar-refractivity contribution < 1.29 is 4.92 Å². The highest BCUT2D eigenvalue weighted by atomic mass is 16.6. The highest BCUT2D eigenvalue weighted by Crippen LogP contribution is 2.13. The lowest BCUT2D eigenvalue weighted by Gasteiger charge is -1.96. The quantitative estimate of drug-likeness (QED) is 0.536. The predicted octanol–water partition coefficient (Wildman–Crippen LogP) is 0.879. The molecule has 0 atom stereocenters. The lowest BCUT2D eigenvalue weighted by Crippen LogP contribution is -1.99. The third kappa shape index (κ3) is 1.80. The maximum Gasteiger partial charge on any atom is 0.269 e. The number of non-ortho nitro benzene ring substituents is 1. The third-order valence-electron chi connectivity index (χ3n) is 1.81. The van der Waals surface area contributed by atoms with E-state index in [1.165, 1.54) is 16.9 Å². The molecule has 0 aliphatic heterocycles. The van der Waals surface area contributed by atoms with Crippen LogP contribution in [0.1, 0.15) is 5.82 Å². The summed E-state index contributed by atoms with van der Waals surface area (Å²) in [7, 11) is 0. The van der Waals surface area contributed by atoms with Gasteiger partial charge in [0.2, 0.25) is 0 Å². The monoisotopic (exact) mass is 205 g/mol. The first-order chi connectivity index (χ1) is 7.16. The van der Waals surface area contributed by atoms with Gasteiger partial charge in [-0.1, -0.05) is 0 Å². The van der Waals surface area contributed by atoms with Crippen LogP contribution < -0.4 is 0 Å². The van der Waals surface area contributed by atoms with Crippen LogP contribution in [-0.4, -0.2) is 25.1 Å². The first-order valence-electron chi connectivity index (χ1n) is 4.18. The summed E-state index contributed by atoms with van der Waals surface area (Å²) in [4.78, 5) is 11.3. The zero-order valence-electron chi connectivity index (χ0n) is 7.86. The van der Waals surface area contributed by atoms with Gasteiger partial charge in [-0.2, -0.15) is 0 Å². The molecule has 0 unspecified atom stereocenters. The van der Waals surface area contributed by atoms with Crippen LogP contribution >= 0.6 is 0 Å². The van der Waals surface area contributed by atoms with Crippen LogP contribution in [0, 0.1) is 17.0 Å². The second-order valence-electron chi connectivity index (χ2n) is 2.90. The smallest absolute Gasteiger partial charge is 0.258 e. The van der Waals surface area contributed by atoms with E-state index in [9.17, 15) is 10.1 Å². The van der Waals surface area contributed by atoms with Crippen molar-refractivity contribution in [1.82, 2.24) is 20.2 Å². The number of nitro benzene ring substituents is 1. The largest absolute Gasteiger partial charge is 0.269 e. The van der Waals surface area contributed by atoms with Crippen molar-refractivity contribution in [2.75, 3.05) is 0 Å². The average Bonchev–Trinajstić information content (AvgIpc) is 2.65. The van der Waals surface area contributed by atoms with Gasteiger partial charge in [0.25, 0.3) is 5.69 Å². The molecular weight excluding hydrogens is 198 g/mol. The zero-order valence-corrected chi connectivity index (χ0v) is 7.86. The Morgan fingerprint density at radius 3 is 2.47 bits per heavy atom. The molecule has 1 aromatic heterocycles. The van der Waals surface area contributed by atoms with Gasteiger partial charge in [0.1, 0.15) is 0 Å². The van der Waals surface area contributed by atoms with E-state index in [1.807, 2.05) is 0 Å². The van der Waals surface area contributed by atoms with E-state index in [-0.39, 0.29) is 5.69 Å². The van der Waals surface area contributed by atoms with Gasteiger partial charge < -0.3 is 0 Å². The minimum absolute atomic E-state index is 0.0376. The fourth-order valence-corrected chi connectivity index (χ4v) is 1.10. The Morgan fingerprint density at radius 1 is 1.33 bits per heavy atom. The highest BCUT2D eigenvalue weighted by Gasteiger charge is 2.06. The molecule has 0 saturated heterocycles. The van der Waals surface area contributed by atoms with Gasteiger partial charge in [-0.3, -0.25) is 10.1 Å². The van der Waals surface area contributed by atoms with Crippen LogP contribution in [0.4, 0.5) is 5.69 Å². The number of benzene rings is 1. The Labute approximate surface area is 84.5 Å². The number of aryl methyl sites for hydroxylation is 1. The van der Waals surface area contributed by atoms with Crippen molar-refractivity contribution in [2.24, 2.45) is 0 Å². The van der Waals surface area contributed by atoms with Crippen LogP contribution in [-0.2, 0) is 0 Å². The zero-order chi connectivity index (χ0) is 10.8. The van der Waals surface area contributed by atoms with Crippen LogP contribution in [0.3, 0.4) is 0 Å². The van der Waals surface area contributed by atoms with Crippen LogP contribution in [0.15, 0.2) is 24.3 Å². The molecule has 1 aromatic carbocycles. The van der Waals surface area contributed by atoms with E-state index in [1.54, 1.807) is 19.1 Å². The molecule has 0 fully saturated rings. The van der Waals surface area contributed by atoms with Crippen molar-refractivity contribution in [3.8, 4) is 5.69 Å². The Bertz CT molecular complexity index is 490. The molecule has 0 radical (unpaired) electrons. The molecule has 0 aliphatic rings. The Balaban J connectivity index is 2.35. The van der Waals surface area contributed by atoms with Crippen molar-refractivity contribution in [3.63, 3.8) is 0 Å². The van der Waals surface area contributed by atoms with Crippen LogP contribution in [0.5, 0.6) is 0 Å². The molecule has 7 nitrogen and oxygen atoms in total. The second kappa shape index (κ2) is 3.45. The van der Waals surface area contributed by atoms with Gasteiger partial charge in [-0.05, 0) is 24.3 Å². The van der Waals surface area contributed by atoms with Gasteiger partial charge >= 0.3 is 0 Å². The lowest BCUT2D eigenvalue weighted by atomic mass is 10.3. The summed E-state index contributed by atoms with van der Waals surface area (Å²) in [5.74, 6) is 0.549. The van der Waals surface area contributed by atoms with Gasteiger partial charge in [0.05, 0.1) is 10.6 Å². The van der Waals surface area contributed by atoms with Gasteiger partial charge in [-0.25, -0.2) is 0 Å². The third-order valence-corrected chi connectivity index (χ3v) is 1.81. The van der Waals surface area contributed by atoms with Crippen LogP contribution in [0.2, 0.25) is 0 Å². The SMILES string of the molecule is Cc1nnn(-c2ccc([N+](=O)[O-])cc2)n1. The minimum Gasteiger partial charge on any atom is -0.258 e. The minimum atomic E-state index is -0.455. The highest BCUT2D eigenvalue weighted by molar-refractivity contribution is 5.39. The molecule has 1 heterocycles. The molecule has 76 valence electrons. The molecule has 0 amide bonds. The fraction of sp³-hybridized carbons (Fsp3) is 0.125. The van der Waals surface area contributed by atoms with Crippen LogP contribution in [0.25, 0.3) is 5.69 Å². The van der Waals surface area contributed by atoms with Crippen molar-refractivity contribution in [1.29, 1.82) is 0 Å². The molecule has 2 aromatic rings. The summed E-state index contributed by atoms with van der Waals surface area (Å²) < 4.78 is 0. The van der Waals surface area contributed by atoms with E-state index < -0.39 is 4.92 Å².